The van der Waals surface area contributed by atoms with Crippen molar-refractivity contribution >= 4 is 21.4 Å². The van der Waals surface area contributed by atoms with Crippen LogP contribution in [0.25, 0.3) is 0 Å². The van der Waals surface area contributed by atoms with E-state index in [1.807, 2.05) is 11.4 Å². The zero-order chi connectivity index (χ0) is 15.6. The third kappa shape index (κ3) is 3.21. The molecule has 3 N–H and O–H groups in total. The summed E-state index contributed by atoms with van der Waals surface area (Å²) in [5, 5.41) is 1.97. The maximum Gasteiger partial charge on any atom is 0.244 e. The summed E-state index contributed by atoms with van der Waals surface area (Å²) >= 11 is 1.55. The number of sulfonamides is 1. The Morgan fingerprint density at radius 3 is 2.67 bits per heavy atom. The number of aryl methyl sites for hydroxylation is 3. The van der Waals surface area contributed by atoms with Gasteiger partial charge in [-0.15, -0.1) is 11.3 Å². The molecule has 21 heavy (non-hydrogen) atoms. The Morgan fingerprint density at radius 2 is 2.05 bits per heavy atom. The fourth-order valence-electron chi connectivity index (χ4n) is 2.37. The van der Waals surface area contributed by atoms with Crippen LogP contribution in [0.5, 0.6) is 0 Å². The molecule has 2 rings (SSSR count). The van der Waals surface area contributed by atoms with Gasteiger partial charge in [-0.05, 0) is 37.3 Å². The fraction of sp³-hybridized carbons (Fsp3) is 0.429. The molecule has 2 heterocycles. The summed E-state index contributed by atoms with van der Waals surface area (Å²) < 4.78 is 33.1. The molecule has 0 atom stereocenters. The summed E-state index contributed by atoms with van der Waals surface area (Å²) in [4.78, 5) is 1.21. The average Bonchev–Trinajstić information content (AvgIpc) is 2.99. The average molecular weight is 328 g/mol. The van der Waals surface area contributed by atoms with Crippen LogP contribution in [-0.2, 0) is 29.5 Å². The fourth-order valence-corrected chi connectivity index (χ4v) is 4.83. The lowest BCUT2D eigenvalue weighted by Crippen LogP contribution is -2.25. The van der Waals surface area contributed by atoms with E-state index in [0.717, 1.165) is 11.3 Å². The van der Waals surface area contributed by atoms with Gasteiger partial charge in [-0.1, -0.05) is 6.92 Å². The van der Waals surface area contributed by atoms with E-state index in [9.17, 15) is 8.42 Å². The van der Waals surface area contributed by atoms with Crippen molar-refractivity contribution in [2.75, 3.05) is 0 Å². The van der Waals surface area contributed by atoms with E-state index in [0.29, 0.717) is 17.1 Å². The molecule has 0 radical (unpaired) electrons. The lowest BCUT2D eigenvalue weighted by atomic mass is 10.2. The molecule has 0 aliphatic carbocycles. The van der Waals surface area contributed by atoms with Crippen molar-refractivity contribution in [2.45, 2.75) is 45.2 Å². The topological polar surface area (TPSA) is 85.3 Å². The number of hydrogen-bond donors (Lipinski definition) is 2. The predicted octanol–water partition coefficient (Wildman–Crippen LogP) is 2.46. The minimum atomic E-state index is -3.63. The lowest BCUT2D eigenvalue weighted by molar-refractivity contribution is 0.494. The van der Waals surface area contributed by atoms with E-state index in [2.05, 4.69) is 11.6 Å². The Labute approximate surface area is 129 Å². The highest BCUT2D eigenvalue weighted by atomic mass is 32.2. The van der Waals surface area contributed by atoms with Crippen LogP contribution in [0.4, 0.5) is 0 Å². The molecule has 116 valence electrons. The minimum absolute atomic E-state index is 0.138. The minimum Gasteiger partial charge on any atom is -0.465 e. The first-order chi connectivity index (χ1) is 9.90. The van der Waals surface area contributed by atoms with Crippen LogP contribution in [0, 0.1) is 13.8 Å². The van der Waals surface area contributed by atoms with Gasteiger partial charge in [0.2, 0.25) is 10.0 Å². The van der Waals surface area contributed by atoms with Crippen LogP contribution in [0.1, 0.15) is 34.4 Å². The Hall–Kier alpha value is -1.15. The quantitative estimate of drug-likeness (QED) is 0.853. The van der Waals surface area contributed by atoms with Crippen molar-refractivity contribution in [2.24, 2.45) is 5.73 Å². The second-order valence-corrected chi connectivity index (χ2v) is 7.48. The summed E-state index contributed by atoms with van der Waals surface area (Å²) in [6, 6.07) is 2.02. The molecule has 0 bridgehead atoms. The summed E-state index contributed by atoms with van der Waals surface area (Å²) in [5.41, 5.74) is 7.36. The predicted molar refractivity (Wildman–Crippen MR) is 83.8 cm³/mol. The normalized spacial score (nSPS) is 12.0. The van der Waals surface area contributed by atoms with Gasteiger partial charge < -0.3 is 10.2 Å². The molecule has 0 saturated heterocycles. The molecule has 0 aliphatic heterocycles. The van der Waals surface area contributed by atoms with Crippen LogP contribution in [0.3, 0.4) is 0 Å². The maximum absolute atomic E-state index is 12.5. The molecule has 0 saturated carbocycles. The van der Waals surface area contributed by atoms with E-state index in [1.54, 1.807) is 25.2 Å². The standard InChI is InChI=1S/C14H20N2O3S2/c1-4-11-5-6-20-13(11)8-16-21(17,18)14-10(3)19-9(2)12(14)7-15/h5-6,16H,4,7-8,15H2,1-3H3. The number of furan rings is 1. The summed E-state index contributed by atoms with van der Waals surface area (Å²) in [7, 11) is -3.63. The zero-order valence-electron chi connectivity index (χ0n) is 12.4. The molecule has 0 amide bonds. The second kappa shape index (κ2) is 6.31. The van der Waals surface area contributed by atoms with Gasteiger partial charge >= 0.3 is 0 Å². The van der Waals surface area contributed by atoms with Crippen LogP contribution in [-0.4, -0.2) is 8.42 Å². The molecular weight excluding hydrogens is 308 g/mol. The Morgan fingerprint density at radius 1 is 1.33 bits per heavy atom. The first-order valence-corrected chi connectivity index (χ1v) is 9.10. The number of nitrogens with two attached hydrogens (primary N) is 1. The number of rotatable bonds is 6. The molecule has 2 aromatic heterocycles. The second-order valence-electron chi connectivity index (χ2n) is 4.77. The maximum atomic E-state index is 12.5. The molecule has 0 aromatic carbocycles. The molecule has 2 aromatic rings. The monoisotopic (exact) mass is 328 g/mol. The third-order valence-corrected chi connectivity index (χ3v) is 6.00. The van der Waals surface area contributed by atoms with E-state index in [4.69, 9.17) is 10.2 Å². The zero-order valence-corrected chi connectivity index (χ0v) is 14.0. The van der Waals surface area contributed by atoms with Gasteiger partial charge in [-0.25, -0.2) is 13.1 Å². The van der Waals surface area contributed by atoms with Gasteiger partial charge in [0.25, 0.3) is 0 Å². The number of nitrogens with one attached hydrogen (secondary N) is 1. The lowest BCUT2D eigenvalue weighted by Gasteiger charge is -2.08. The first kappa shape index (κ1) is 16.2. The highest BCUT2D eigenvalue weighted by Gasteiger charge is 2.26. The molecular formula is C14H20N2O3S2. The summed E-state index contributed by atoms with van der Waals surface area (Å²) in [6.45, 7) is 5.84. The van der Waals surface area contributed by atoms with Gasteiger partial charge in [-0.2, -0.15) is 0 Å². The van der Waals surface area contributed by atoms with Crippen molar-refractivity contribution in [3.05, 3.63) is 39.0 Å². The van der Waals surface area contributed by atoms with Gasteiger partial charge in [-0.3, -0.25) is 0 Å². The van der Waals surface area contributed by atoms with Gasteiger partial charge in [0.15, 0.2) is 0 Å². The number of hydrogen-bond acceptors (Lipinski definition) is 5. The van der Waals surface area contributed by atoms with Gasteiger partial charge in [0, 0.05) is 23.5 Å². The molecule has 0 fully saturated rings. The number of thiophene rings is 1. The highest BCUT2D eigenvalue weighted by molar-refractivity contribution is 7.89. The van der Waals surface area contributed by atoms with Crippen molar-refractivity contribution in [3.8, 4) is 0 Å². The van der Waals surface area contributed by atoms with E-state index < -0.39 is 10.0 Å². The van der Waals surface area contributed by atoms with Crippen LogP contribution in [0.15, 0.2) is 20.8 Å². The van der Waals surface area contributed by atoms with Gasteiger partial charge in [0.05, 0.1) is 0 Å². The smallest absolute Gasteiger partial charge is 0.244 e. The van der Waals surface area contributed by atoms with Gasteiger partial charge in [0.1, 0.15) is 16.4 Å². The molecule has 7 heteroatoms. The molecule has 0 aliphatic rings. The van der Waals surface area contributed by atoms with E-state index in [-0.39, 0.29) is 18.0 Å². The largest absolute Gasteiger partial charge is 0.465 e. The van der Waals surface area contributed by atoms with E-state index >= 15 is 0 Å². The van der Waals surface area contributed by atoms with Crippen LogP contribution >= 0.6 is 11.3 Å². The SMILES string of the molecule is CCc1ccsc1CNS(=O)(=O)c1c(C)oc(C)c1CN. The van der Waals surface area contributed by atoms with Crippen molar-refractivity contribution in [1.82, 2.24) is 4.72 Å². The molecule has 5 nitrogen and oxygen atoms in total. The van der Waals surface area contributed by atoms with Crippen LogP contribution in [0.2, 0.25) is 0 Å². The molecule has 0 spiro atoms. The first-order valence-electron chi connectivity index (χ1n) is 6.74. The summed E-state index contributed by atoms with van der Waals surface area (Å²) in [5.74, 6) is 0.933. The van der Waals surface area contributed by atoms with Crippen molar-refractivity contribution in [1.29, 1.82) is 0 Å². The summed E-state index contributed by atoms with van der Waals surface area (Å²) in [6.07, 6.45) is 0.887. The highest BCUT2D eigenvalue weighted by Crippen LogP contribution is 2.26. The van der Waals surface area contributed by atoms with Crippen LogP contribution < -0.4 is 10.5 Å². The Bertz CT molecular complexity index is 729. The van der Waals surface area contributed by atoms with Crippen molar-refractivity contribution in [3.63, 3.8) is 0 Å². The van der Waals surface area contributed by atoms with E-state index in [1.165, 1.54) is 5.56 Å². The Kier molecular flexibility index (Phi) is 4.88. The van der Waals surface area contributed by atoms with Crippen molar-refractivity contribution < 1.29 is 12.8 Å². The third-order valence-electron chi connectivity index (χ3n) is 3.44. The molecule has 0 unspecified atom stereocenters. The Balaban J connectivity index is 2.27.